The van der Waals surface area contributed by atoms with Crippen LogP contribution in [-0.2, 0) is 0 Å². The summed E-state index contributed by atoms with van der Waals surface area (Å²) in [6.45, 7) is 0. The highest BCUT2D eigenvalue weighted by Gasteiger charge is 2.05. The smallest absolute Gasteiger partial charge is 0.0349 e. The molecule has 1 aromatic carbocycles. The second-order valence-corrected chi connectivity index (χ2v) is 3.57. The standard InChI is InChI=1S/C13H15N/c14-13-10-6-2-5-9-12(13)11-7-3-1-4-8-11/h1,3-4,7-10H,2,5-6,14H2. The molecule has 0 aromatic heterocycles. The molecule has 2 N–H and O–H groups in total. The lowest BCUT2D eigenvalue weighted by Crippen LogP contribution is -1.99. The Morgan fingerprint density at radius 1 is 0.929 bits per heavy atom. The van der Waals surface area contributed by atoms with Crippen LogP contribution in [-0.4, -0.2) is 0 Å². The summed E-state index contributed by atoms with van der Waals surface area (Å²) < 4.78 is 0. The van der Waals surface area contributed by atoms with Crippen LogP contribution in [0, 0.1) is 0 Å². The molecule has 0 amide bonds. The third-order valence-electron chi connectivity index (χ3n) is 2.52. The molecule has 0 spiro atoms. The molecule has 1 aromatic rings. The fraction of sp³-hybridized carbons (Fsp3) is 0.231. The zero-order chi connectivity index (χ0) is 9.80. The van der Waals surface area contributed by atoms with E-state index in [9.17, 15) is 0 Å². The Hall–Kier alpha value is -1.50. The van der Waals surface area contributed by atoms with Gasteiger partial charge in [-0.05, 0) is 24.8 Å². The Balaban J connectivity index is 2.37. The molecular weight excluding hydrogens is 170 g/mol. The topological polar surface area (TPSA) is 26.0 Å². The Kier molecular flexibility index (Phi) is 2.68. The second-order valence-electron chi connectivity index (χ2n) is 3.57. The lowest BCUT2D eigenvalue weighted by Gasteiger charge is -2.06. The fourth-order valence-electron chi connectivity index (χ4n) is 1.75. The summed E-state index contributed by atoms with van der Waals surface area (Å²) in [7, 11) is 0. The van der Waals surface area contributed by atoms with Crippen molar-refractivity contribution in [2.24, 2.45) is 5.73 Å². The normalized spacial score (nSPS) is 16.9. The van der Waals surface area contributed by atoms with Gasteiger partial charge in [-0.3, -0.25) is 0 Å². The van der Waals surface area contributed by atoms with Crippen molar-refractivity contribution >= 4 is 5.57 Å². The Morgan fingerprint density at radius 2 is 1.64 bits per heavy atom. The van der Waals surface area contributed by atoms with Crippen molar-refractivity contribution in [3.8, 4) is 0 Å². The third-order valence-corrected chi connectivity index (χ3v) is 2.52. The predicted octanol–water partition coefficient (Wildman–Crippen LogP) is 3.10. The van der Waals surface area contributed by atoms with Crippen LogP contribution in [0.2, 0.25) is 0 Å². The van der Waals surface area contributed by atoms with Gasteiger partial charge in [-0.15, -0.1) is 0 Å². The van der Waals surface area contributed by atoms with Gasteiger partial charge in [0.15, 0.2) is 0 Å². The van der Waals surface area contributed by atoms with E-state index in [1.54, 1.807) is 0 Å². The summed E-state index contributed by atoms with van der Waals surface area (Å²) in [5, 5.41) is 0. The van der Waals surface area contributed by atoms with Crippen LogP contribution in [0.1, 0.15) is 24.8 Å². The van der Waals surface area contributed by atoms with Crippen molar-refractivity contribution in [1.82, 2.24) is 0 Å². The van der Waals surface area contributed by atoms with Gasteiger partial charge in [-0.2, -0.15) is 0 Å². The van der Waals surface area contributed by atoms with Crippen LogP contribution in [0.3, 0.4) is 0 Å². The van der Waals surface area contributed by atoms with Crippen LogP contribution >= 0.6 is 0 Å². The first kappa shape index (κ1) is 9.07. The number of allylic oxidation sites excluding steroid dienone is 3. The molecule has 0 saturated heterocycles. The zero-order valence-electron chi connectivity index (χ0n) is 8.24. The largest absolute Gasteiger partial charge is 0.398 e. The van der Waals surface area contributed by atoms with E-state index >= 15 is 0 Å². The van der Waals surface area contributed by atoms with Crippen LogP contribution in [0.15, 0.2) is 48.2 Å². The molecule has 1 heteroatoms. The van der Waals surface area contributed by atoms with E-state index in [0.29, 0.717) is 0 Å². The highest BCUT2D eigenvalue weighted by molar-refractivity contribution is 5.78. The van der Waals surface area contributed by atoms with Crippen molar-refractivity contribution in [3.05, 3.63) is 53.7 Å². The van der Waals surface area contributed by atoms with Gasteiger partial charge in [-0.25, -0.2) is 0 Å². The van der Waals surface area contributed by atoms with Gasteiger partial charge in [0.2, 0.25) is 0 Å². The molecule has 1 nitrogen and oxygen atoms in total. The van der Waals surface area contributed by atoms with Gasteiger partial charge in [0.25, 0.3) is 0 Å². The van der Waals surface area contributed by atoms with Gasteiger partial charge >= 0.3 is 0 Å². The van der Waals surface area contributed by atoms with E-state index in [-0.39, 0.29) is 0 Å². The molecule has 1 aliphatic carbocycles. The maximum atomic E-state index is 6.00. The van der Waals surface area contributed by atoms with Gasteiger partial charge in [0.1, 0.15) is 0 Å². The van der Waals surface area contributed by atoms with Crippen molar-refractivity contribution in [2.45, 2.75) is 19.3 Å². The quantitative estimate of drug-likeness (QED) is 0.714. The fourth-order valence-corrected chi connectivity index (χ4v) is 1.75. The molecule has 0 fully saturated rings. The molecule has 0 heterocycles. The Bertz CT molecular complexity index is 360. The van der Waals surface area contributed by atoms with Crippen LogP contribution in [0.5, 0.6) is 0 Å². The average Bonchev–Trinajstić information content (AvgIpc) is 2.44. The van der Waals surface area contributed by atoms with E-state index in [1.807, 2.05) is 18.2 Å². The minimum Gasteiger partial charge on any atom is -0.398 e. The summed E-state index contributed by atoms with van der Waals surface area (Å²) in [6, 6.07) is 10.3. The minimum absolute atomic E-state index is 0.925. The van der Waals surface area contributed by atoms with Crippen molar-refractivity contribution < 1.29 is 0 Å². The summed E-state index contributed by atoms with van der Waals surface area (Å²) in [5.74, 6) is 0. The number of nitrogens with two attached hydrogens (primary N) is 1. The van der Waals surface area contributed by atoms with Gasteiger partial charge in [-0.1, -0.05) is 42.5 Å². The number of hydrogen-bond donors (Lipinski definition) is 1. The Morgan fingerprint density at radius 3 is 2.43 bits per heavy atom. The summed E-state index contributed by atoms with van der Waals surface area (Å²) in [4.78, 5) is 0. The molecule has 2 rings (SSSR count). The molecule has 0 saturated carbocycles. The monoisotopic (exact) mass is 185 g/mol. The first-order valence-corrected chi connectivity index (χ1v) is 5.09. The molecule has 0 unspecified atom stereocenters. The number of benzene rings is 1. The zero-order valence-corrected chi connectivity index (χ0v) is 8.24. The SMILES string of the molecule is NC1=CCCCC=C1c1ccccc1. The average molecular weight is 185 g/mol. The highest BCUT2D eigenvalue weighted by atomic mass is 14.6. The molecule has 0 aliphatic heterocycles. The molecule has 0 bridgehead atoms. The first-order valence-electron chi connectivity index (χ1n) is 5.09. The van der Waals surface area contributed by atoms with Crippen molar-refractivity contribution in [2.75, 3.05) is 0 Å². The molecule has 0 atom stereocenters. The Labute approximate surface area is 84.9 Å². The number of rotatable bonds is 1. The van der Waals surface area contributed by atoms with E-state index in [1.165, 1.54) is 17.6 Å². The third kappa shape index (κ3) is 1.87. The van der Waals surface area contributed by atoms with Crippen LogP contribution in [0.25, 0.3) is 5.57 Å². The lowest BCUT2D eigenvalue weighted by molar-refractivity contribution is 0.874. The van der Waals surface area contributed by atoms with E-state index in [0.717, 1.165) is 18.5 Å². The molecule has 14 heavy (non-hydrogen) atoms. The summed E-state index contributed by atoms with van der Waals surface area (Å²) in [5.41, 5.74) is 9.35. The number of hydrogen-bond acceptors (Lipinski definition) is 1. The summed E-state index contributed by atoms with van der Waals surface area (Å²) in [6.07, 6.45) is 7.80. The molecule has 0 radical (unpaired) electrons. The maximum Gasteiger partial charge on any atom is 0.0349 e. The summed E-state index contributed by atoms with van der Waals surface area (Å²) >= 11 is 0. The van der Waals surface area contributed by atoms with Crippen LogP contribution in [0.4, 0.5) is 0 Å². The second kappa shape index (κ2) is 4.14. The lowest BCUT2D eigenvalue weighted by atomic mass is 10.0. The highest BCUT2D eigenvalue weighted by Crippen LogP contribution is 2.23. The van der Waals surface area contributed by atoms with E-state index in [4.69, 9.17) is 5.73 Å². The van der Waals surface area contributed by atoms with Gasteiger partial charge < -0.3 is 5.73 Å². The van der Waals surface area contributed by atoms with Crippen molar-refractivity contribution in [3.63, 3.8) is 0 Å². The van der Waals surface area contributed by atoms with Gasteiger partial charge in [0.05, 0.1) is 0 Å². The van der Waals surface area contributed by atoms with Crippen molar-refractivity contribution in [1.29, 1.82) is 0 Å². The van der Waals surface area contributed by atoms with Crippen LogP contribution < -0.4 is 5.73 Å². The van der Waals surface area contributed by atoms with E-state index in [2.05, 4.69) is 24.3 Å². The molecule has 1 aliphatic rings. The maximum absolute atomic E-state index is 6.00. The minimum atomic E-state index is 0.925. The molecular formula is C13H15N. The molecule has 72 valence electrons. The van der Waals surface area contributed by atoms with Gasteiger partial charge in [0, 0.05) is 11.3 Å². The predicted molar refractivity (Wildman–Crippen MR) is 60.5 cm³/mol. The first-order chi connectivity index (χ1) is 6.88. The van der Waals surface area contributed by atoms with E-state index < -0.39 is 0 Å².